The number of amides is 2. The van der Waals surface area contributed by atoms with Gasteiger partial charge in [0.05, 0.1) is 13.2 Å². The lowest BCUT2D eigenvalue weighted by molar-refractivity contribution is -0.138. The summed E-state index contributed by atoms with van der Waals surface area (Å²) in [6.45, 7) is 7.25. The van der Waals surface area contributed by atoms with Gasteiger partial charge >= 0.3 is 24.1 Å². The molecule has 2 amide bonds. The van der Waals surface area contributed by atoms with Crippen LogP contribution in [0, 0.1) is 0 Å². The summed E-state index contributed by atoms with van der Waals surface area (Å²) in [5.74, 6) is -0.0469. The number of carbonyl (C=O) groups excluding carboxylic acids is 4. The Hall–Kier alpha value is -5.00. The zero-order chi connectivity index (χ0) is 30.4. The van der Waals surface area contributed by atoms with E-state index in [1.165, 1.54) is 0 Å². The van der Waals surface area contributed by atoms with Crippen molar-refractivity contribution in [3.05, 3.63) is 85.5 Å². The average molecular weight is 585 g/mol. The molecule has 0 aromatic heterocycles. The van der Waals surface area contributed by atoms with Crippen LogP contribution in [0.2, 0.25) is 0 Å². The standard InChI is InChI=1S/C30H36N2O10/c1-3-27(33)37-18-10-16-31-29(35)41-20-23-12-8-9-15-26(23)40-22-25(21-39-24-13-6-5-7-14-24)42-30(36)32-17-11-19-38-28(34)4-2/h3-9,12-15,25H,1-2,10-11,16-22H2,(H,31,35)(H,32,36). The van der Waals surface area contributed by atoms with E-state index < -0.39 is 30.2 Å². The molecule has 0 bridgehead atoms. The van der Waals surface area contributed by atoms with Gasteiger partial charge in [0.1, 0.15) is 31.3 Å². The third-order valence-corrected chi connectivity index (χ3v) is 5.21. The van der Waals surface area contributed by atoms with Crippen molar-refractivity contribution in [1.82, 2.24) is 10.6 Å². The van der Waals surface area contributed by atoms with Gasteiger partial charge in [0.25, 0.3) is 0 Å². The van der Waals surface area contributed by atoms with Crippen LogP contribution >= 0.6 is 0 Å². The predicted octanol–water partition coefficient (Wildman–Crippen LogP) is 3.70. The van der Waals surface area contributed by atoms with Crippen LogP contribution in [0.1, 0.15) is 18.4 Å². The smallest absolute Gasteiger partial charge is 0.407 e. The third-order valence-electron chi connectivity index (χ3n) is 5.21. The first kappa shape index (κ1) is 33.2. The largest absolute Gasteiger partial charge is 0.490 e. The predicted molar refractivity (Wildman–Crippen MR) is 152 cm³/mol. The molecule has 1 unspecified atom stereocenters. The molecule has 0 fully saturated rings. The maximum atomic E-state index is 12.4. The molecule has 2 rings (SSSR count). The Morgan fingerprint density at radius 1 is 0.714 bits per heavy atom. The van der Waals surface area contributed by atoms with Gasteiger partial charge in [-0.15, -0.1) is 0 Å². The van der Waals surface area contributed by atoms with Crippen LogP contribution in [0.5, 0.6) is 11.5 Å². The molecule has 2 N–H and O–H groups in total. The van der Waals surface area contributed by atoms with E-state index in [-0.39, 0.29) is 46.1 Å². The highest BCUT2D eigenvalue weighted by Crippen LogP contribution is 2.20. The Bertz CT molecular complexity index is 1160. The highest BCUT2D eigenvalue weighted by molar-refractivity contribution is 5.81. The van der Waals surface area contributed by atoms with Crippen molar-refractivity contribution < 1.29 is 47.6 Å². The topological polar surface area (TPSA) is 148 Å². The zero-order valence-electron chi connectivity index (χ0n) is 23.3. The highest BCUT2D eigenvalue weighted by atomic mass is 16.6. The van der Waals surface area contributed by atoms with E-state index in [1.807, 2.05) is 18.2 Å². The second kappa shape index (κ2) is 20.0. The Morgan fingerprint density at radius 2 is 1.29 bits per heavy atom. The number of para-hydroxylation sites is 2. The first-order chi connectivity index (χ1) is 20.4. The first-order valence-corrected chi connectivity index (χ1v) is 13.2. The number of rotatable bonds is 19. The lowest BCUT2D eigenvalue weighted by atomic mass is 10.2. The highest BCUT2D eigenvalue weighted by Gasteiger charge is 2.18. The lowest BCUT2D eigenvalue weighted by Crippen LogP contribution is -2.36. The molecule has 0 aliphatic carbocycles. The van der Waals surface area contributed by atoms with Gasteiger partial charge in [0.2, 0.25) is 0 Å². The van der Waals surface area contributed by atoms with Crippen molar-refractivity contribution in [2.45, 2.75) is 25.6 Å². The van der Waals surface area contributed by atoms with Crippen molar-refractivity contribution in [2.75, 3.05) is 39.5 Å². The summed E-state index contributed by atoms with van der Waals surface area (Å²) in [5.41, 5.74) is 0.591. The van der Waals surface area contributed by atoms with Crippen LogP contribution < -0.4 is 20.1 Å². The van der Waals surface area contributed by atoms with Crippen LogP contribution in [0.25, 0.3) is 0 Å². The zero-order valence-corrected chi connectivity index (χ0v) is 23.3. The van der Waals surface area contributed by atoms with Crippen molar-refractivity contribution in [3.63, 3.8) is 0 Å². The van der Waals surface area contributed by atoms with Crippen LogP contribution in [0.15, 0.2) is 79.9 Å². The van der Waals surface area contributed by atoms with Gasteiger partial charge in [0, 0.05) is 30.8 Å². The third kappa shape index (κ3) is 14.4. The number of benzene rings is 2. The number of hydrogen-bond acceptors (Lipinski definition) is 10. The molecule has 2 aromatic carbocycles. The van der Waals surface area contributed by atoms with Crippen molar-refractivity contribution >= 4 is 24.1 Å². The molecule has 0 spiro atoms. The van der Waals surface area contributed by atoms with Crippen LogP contribution in [-0.2, 0) is 35.1 Å². The van der Waals surface area contributed by atoms with E-state index >= 15 is 0 Å². The second-order valence-electron chi connectivity index (χ2n) is 8.45. The molecule has 1 atom stereocenters. The van der Waals surface area contributed by atoms with Crippen LogP contribution in [0.4, 0.5) is 9.59 Å². The molecule has 0 radical (unpaired) electrons. The van der Waals surface area contributed by atoms with Gasteiger partial charge in [-0.3, -0.25) is 0 Å². The van der Waals surface area contributed by atoms with Gasteiger partial charge in [0.15, 0.2) is 6.10 Å². The Labute approximate surface area is 244 Å². The molecule has 0 heterocycles. The molecule has 226 valence electrons. The molecular formula is C30H36N2O10. The monoisotopic (exact) mass is 584 g/mol. The van der Waals surface area contributed by atoms with E-state index in [9.17, 15) is 19.2 Å². The molecule has 12 nitrogen and oxygen atoms in total. The van der Waals surface area contributed by atoms with Gasteiger partial charge in [-0.2, -0.15) is 0 Å². The van der Waals surface area contributed by atoms with Crippen molar-refractivity contribution in [3.8, 4) is 11.5 Å². The van der Waals surface area contributed by atoms with E-state index in [1.54, 1.807) is 36.4 Å². The van der Waals surface area contributed by atoms with Crippen LogP contribution in [0.3, 0.4) is 0 Å². The fraction of sp³-hybridized carbons (Fsp3) is 0.333. The van der Waals surface area contributed by atoms with Crippen molar-refractivity contribution in [1.29, 1.82) is 0 Å². The summed E-state index contributed by atoms with van der Waals surface area (Å²) < 4.78 is 32.2. The summed E-state index contributed by atoms with van der Waals surface area (Å²) in [6.07, 6.45) is 0.798. The quantitative estimate of drug-likeness (QED) is 0.108. The maximum absolute atomic E-state index is 12.4. The lowest BCUT2D eigenvalue weighted by Gasteiger charge is -2.20. The van der Waals surface area contributed by atoms with E-state index in [0.29, 0.717) is 29.9 Å². The SMILES string of the molecule is C=CC(=O)OCCCNC(=O)OCc1ccccc1OCC(COc1ccccc1)OC(=O)NCCCOC(=O)C=C. The summed E-state index contributed by atoms with van der Waals surface area (Å²) in [4.78, 5) is 46.6. The molecule has 42 heavy (non-hydrogen) atoms. The minimum atomic E-state index is -0.795. The average Bonchev–Trinajstić information content (AvgIpc) is 3.01. The van der Waals surface area contributed by atoms with Gasteiger partial charge in [-0.05, 0) is 31.0 Å². The van der Waals surface area contributed by atoms with E-state index in [4.69, 9.17) is 28.4 Å². The van der Waals surface area contributed by atoms with Crippen molar-refractivity contribution in [2.24, 2.45) is 0 Å². The maximum Gasteiger partial charge on any atom is 0.407 e. The van der Waals surface area contributed by atoms with Gasteiger partial charge in [-0.25, -0.2) is 19.2 Å². The number of esters is 2. The molecule has 0 saturated carbocycles. The minimum absolute atomic E-state index is 0.0115. The van der Waals surface area contributed by atoms with Crippen LogP contribution in [-0.4, -0.2) is 69.7 Å². The Kier molecular flexibility index (Phi) is 15.8. The molecule has 0 aliphatic rings. The minimum Gasteiger partial charge on any atom is -0.490 e. The van der Waals surface area contributed by atoms with Gasteiger partial charge < -0.3 is 39.1 Å². The number of nitrogens with one attached hydrogen (secondary N) is 2. The molecular weight excluding hydrogens is 548 g/mol. The van der Waals surface area contributed by atoms with Gasteiger partial charge in [-0.1, -0.05) is 49.6 Å². The summed E-state index contributed by atoms with van der Waals surface area (Å²) in [7, 11) is 0. The first-order valence-electron chi connectivity index (χ1n) is 13.2. The Morgan fingerprint density at radius 3 is 1.93 bits per heavy atom. The number of carbonyl (C=O) groups is 4. The number of hydrogen-bond donors (Lipinski definition) is 2. The summed E-state index contributed by atoms with van der Waals surface area (Å²) in [6, 6.07) is 16.0. The molecule has 0 saturated heterocycles. The number of ether oxygens (including phenoxy) is 6. The number of alkyl carbamates (subject to hydrolysis) is 2. The fourth-order valence-corrected chi connectivity index (χ4v) is 3.14. The van der Waals surface area contributed by atoms with E-state index in [0.717, 1.165) is 12.2 Å². The summed E-state index contributed by atoms with van der Waals surface area (Å²) in [5, 5.41) is 5.17. The Balaban J connectivity index is 1.86. The second-order valence-corrected chi connectivity index (χ2v) is 8.45. The summed E-state index contributed by atoms with van der Waals surface area (Å²) >= 11 is 0. The van der Waals surface area contributed by atoms with E-state index in [2.05, 4.69) is 23.8 Å². The fourth-order valence-electron chi connectivity index (χ4n) is 3.14. The molecule has 12 heteroatoms. The molecule has 0 aliphatic heterocycles. The normalized spacial score (nSPS) is 10.8. The molecule has 2 aromatic rings.